The molecular formula is C17H28N4O2. The second-order valence-electron chi connectivity index (χ2n) is 6.64. The Morgan fingerprint density at radius 2 is 2.22 bits per heavy atom. The number of rotatable bonds is 6. The lowest BCUT2D eigenvalue weighted by Gasteiger charge is -2.29. The van der Waals surface area contributed by atoms with Crippen molar-refractivity contribution in [2.45, 2.75) is 46.0 Å². The van der Waals surface area contributed by atoms with Gasteiger partial charge >= 0.3 is 5.69 Å². The van der Waals surface area contributed by atoms with Crippen LogP contribution in [0.1, 0.15) is 42.6 Å². The van der Waals surface area contributed by atoms with E-state index in [1.807, 2.05) is 13.8 Å². The summed E-state index contributed by atoms with van der Waals surface area (Å²) in [4.78, 5) is 32.2. The molecule has 1 atom stereocenters. The fraction of sp³-hybridized carbons (Fsp3) is 0.706. The van der Waals surface area contributed by atoms with Crippen LogP contribution in [0.3, 0.4) is 0 Å². The van der Waals surface area contributed by atoms with E-state index in [0.29, 0.717) is 24.5 Å². The first-order valence-corrected chi connectivity index (χ1v) is 8.47. The van der Waals surface area contributed by atoms with Gasteiger partial charge in [-0.2, -0.15) is 4.98 Å². The minimum atomic E-state index is -0.328. The molecule has 0 radical (unpaired) electrons. The molecule has 2 heterocycles. The third-order valence-corrected chi connectivity index (χ3v) is 4.65. The second kappa shape index (κ2) is 8.24. The van der Waals surface area contributed by atoms with Gasteiger partial charge in [-0.1, -0.05) is 0 Å². The van der Waals surface area contributed by atoms with E-state index in [1.165, 1.54) is 19.4 Å². The Kier molecular flexibility index (Phi) is 6.33. The van der Waals surface area contributed by atoms with E-state index in [0.717, 1.165) is 30.8 Å². The minimum absolute atomic E-state index is 0.0687. The number of aromatic amines is 1. The number of nitrogens with zero attached hydrogens (tertiary/aromatic N) is 2. The van der Waals surface area contributed by atoms with Crippen molar-refractivity contribution in [3.63, 3.8) is 0 Å². The highest BCUT2D eigenvalue weighted by molar-refractivity contribution is 5.76. The Labute approximate surface area is 137 Å². The molecule has 0 spiro atoms. The largest absolute Gasteiger partial charge is 0.356 e. The zero-order valence-electron chi connectivity index (χ0n) is 14.4. The van der Waals surface area contributed by atoms with Crippen molar-refractivity contribution in [1.29, 1.82) is 0 Å². The van der Waals surface area contributed by atoms with Crippen LogP contribution in [0.15, 0.2) is 4.79 Å². The van der Waals surface area contributed by atoms with Crippen LogP contribution in [0.2, 0.25) is 0 Å². The third-order valence-electron chi connectivity index (χ3n) is 4.65. The van der Waals surface area contributed by atoms with Gasteiger partial charge in [-0.15, -0.1) is 0 Å². The number of nitrogens with one attached hydrogen (secondary N) is 2. The number of carbonyl (C=O) groups is 1. The van der Waals surface area contributed by atoms with Crippen LogP contribution in [0, 0.1) is 19.8 Å². The summed E-state index contributed by atoms with van der Waals surface area (Å²) in [5.74, 6) is 0.765. The van der Waals surface area contributed by atoms with Gasteiger partial charge in [0.25, 0.3) is 0 Å². The molecule has 0 aliphatic carbocycles. The lowest BCUT2D eigenvalue weighted by molar-refractivity contribution is -0.121. The lowest BCUT2D eigenvalue weighted by Crippen LogP contribution is -2.34. The Morgan fingerprint density at radius 3 is 2.91 bits per heavy atom. The standard InChI is InChI=1S/C17H28N4O2/c1-12-15(13(2)20-17(23)19-12)6-7-16(22)18-9-8-14-5-4-10-21(3)11-14/h14H,4-11H2,1-3H3,(H,18,22)(H,19,20,23). The summed E-state index contributed by atoms with van der Waals surface area (Å²) in [6, 6.07) is 0. The maximum Gasteiger partial charge on any atom is 0.345 e. The number of amides is 1. The van der Waals surface area contributed by atoms with E-state index < -0.39 is 0 Å². The van der Waals surface area contributed by atoms with E-state index in [4.69, 9.17) is 0 Å². The van der Waals surface area contributed by atoms with Gasteiger partial charge < -0.3 is 15.2 Å². The lowest BCUT2D eigenvalue weighted by atomic mass is 9.95. The molecule has 1 fully saturated rings. The van der Waals surface area contributed by atoms with Gasteiger partial charge in [0, 0.05) is 30.9 Å². The second-order valence-corrected chi connectivity index (χ2v) is 6.64. The minimum Gasteiger partial charge on any atom is -0.356 e. The third kappa shape index (κ3) is 5.46. The first kappa shape index (κ1) is 17.7. The molecule has 6 heteroatoms. The summed E-state index contributed by atoms with van der Waals surface area (Å²) in [7, 11) is 2.16. The first-order chi connectivity index (χ1) is 11.0. The van der Waals surface area contributed by atoms with Crippen LogP contribution in [0.4, 0.5) is 0 Å². The fourth-order valence-electron chi connectivity index (χ4n) is 3.37. The number of aromatic nitrogens is 2. The fourth-order valence-corrected chi connectivity index (χ4v) is 3.37. The van der Waals surface area contributed by atoms with Crippen LogP contribution in [-0.4, -0.2) is 47.5 Å². The van der Waals surface area contributed by atoms with Crippen molar-refractivity contribution in [3.05, 3.63) is 27.4 Å². The first-order valence-electron chi connectivity index (χ1n) is 8.47. The number of aryl methyl sites for hydroxylation is 2. The highest BCUT2D eigenvalue weighted by Crippen LogP contribution is 2.17. The highest BCUT2D eigenvalue weighted by Gasteiger charge is 2.17. The summed E-state index contributed by atoms with van der Waals surface area (Å²) >= 11 is 0. The van der Waals surface area contributed by atoms with Crippen LogP contribution < -0.4 is 11.0 Å². The molecule has 2 N–H and O–H groups in total. The molecule has 6 nitrogen and oxygen atoms in total. The molecule has 23 heavy (non-hydrogen) atoms. The molecule has 2 rings (SSSR count). The molecule has 0 bridgehead atoms. The SMILES string of the molecule is Cc1nc(=O)[nH]c(C)c1CCC(=O)NCCC1CCCN(C)C1. The molecule has 1 aromatic rings. The Hall–Kier alpha value is -1.69. The number of H-pyrrole nitrogens is 1. The summed E-state index contributed by atoms with van der Waals surface area (Å²) < 4.78 is 0. The number of hydrogen-bond acceptors (Lipinski definition) is 4. The van der Waals surface area contributed by atoms with Gasteiger partial charge in [-0.05, 0) is 64.6 Å². The van der Waals surface area contributed by atoms with Crippen molar-refractivity contribution in [2.75, 3.05) is 26.7 Å². The average molecular weight is 320 g/mol. The van der Waals surface area contributed by atoms with Crippen molar-refractivity contribution in [2.24, 2.45) is 5.92 Å². The van der Waals surface area contributed by atoms with E-state index in [9.17, 15) is 9.59 Å². The topological polar surface area (TPSA) is 78.1 Å². The Morgan fingerprint density at radius 1 is 1.43 bits per heavy atom. The van der Waals surface area contributed by atoms with E-state index in [1.54, 1.807) is 0 Å². The zero-order valence-corrected chi connectivity index (χ0v) is 14.4. The molecule has 1 aromatic heterocycles. The van der Waals surface area contributed by atoms with Crippen molar-refractivity contribution >= 4 is 5.91 Å². The van der Waals surface area contributed by atoms with Crippen LogP contribution in [-0.2, 0) is 11.2 Å². The summed E-state index contributed by atoms with van der Waals surface area (Å²) in [6.07, 6.45) is 4.61. The van der Waals surface area contributed by atoms with Crippen LogP contribution in [0.5, 0.6) is 0 Å². The molecule has 1 aliphatic heterocycles. The maximum absolute atomic E-state index is 12.0. The zero-order chi connectivity index (χ0) is 16.8. The van der Waals surface area contributed by atoms with Gasteiger partial charge in [0.2, 0.25) is 5.91 Å². The van der Waals surface area contributed by atoms with Gasteiger partial charge in [0.05, 0.1) is 0 Å². The molecule has 1 unspecified atom stereocenters. The van der Waals surface area contributed by atoms with Gasteiger partial charge in [0.1, 0.15) is 0 Å². The summed E-state index contributed by atoms with van der Waals surface area (Å²) in [5.41, 5.74) is 2.16. The van der Waals surface area contributed by atoms with E-state index in [-0.39, 0.29) is 11.6 Å². The van der Waals surface area contributed by atoms with Crippen LogP contribution >= 0.6 is 0 Å². The van der Waals surface area contributed by atoms with Gasteiger partial charge in [0.15, 0.2) is 0 Å². The number of likely N-dealkylation sites (tertiary alicyclic amines) is 1. The Bertz CT molecular complexity index is 570. The highest BCUT2D eigenvalue weighted by atomic mass is 16.1. The van der Waals surface area contributed by atoms with Crippen molar-refractivity contribution < 1.29 is 4.79 Å². The Balaban J connectivity index is 1.72. The van der Waals surface area contributed by atoms with Crippen molar-refractivity contribution in [1.82, 2.24) is 20.2 Å². The number of carbonyl (C=O) groups excluding carboxylic acids is 1. The van der Waals surface area contributed by atoms with Crippen LogP contribution in [0.25, 0.3) is 0 Å². The molecule has 1 saturated heterocycles. The average Bonchev–Trinajstić information content (AvgIpc) is 2.46. The predicted molar refractivity (Wildman–Crippen MR) is 90.5 cm³/mol. The monoisotopic (exact) mass is 320 g/mol. The van der Waals surface area contributed by atoms with Crippen molar-refractivity contribution in [3.8, 4) is 0 Å². The normalized spacial score (nSPS) is 18.8. The molecule has 128 valence electrons. The molecule has 1 amide bonds. The van der Waals surface area contributed by atoms with E-state index in [2.05, 4.69) is 27.2 Å². The number of piperidine rings is 1. The molecule has 0 aromatic carbocycles. The molecule has 1 aliphatic rings. The number of hydrogen-bond donors (Lipinski definition) is 2. The van der Waals surface area contributed by atoms with Gasteiger partial charge in [-0.3, -0.25) is 4.79 Å². The summed E-state index contributed by atoms with van der Waals surface area (Å²) in [5, 5.41) is 3.02. The van der Waals surface area contributed by atoms with Gasteiger partial charge in [-0.25, -0.2) is 4.79 Å². The summed E-state index contributed by atoms with van der Waals surface area (Å²) in [6.45, 7) is 6.74. The molecule has 0 saturated carbocycles. The molecular weight excluding hydrogens is 292 g/mol. The predicted octanol–water partition coefficient (Wildman–Crippen LogP) is 1.17. The smallest absolute Gasteiger partial charge is 0.345 e. The quantitative estimate of drug-likeness (QED) is 0.825. The maximum atomic E-state index is 12.0. The van der Waals surface area contributed by atoms with E-state index >= 15 is 0 Å².